The third kappa shape index (κ3) is 11.8. The minimum atomic E-state index is -4.43. The van der Waals surface area contributed by atoms with Crippen LogP contribution in [0.4, 0.5) is 30.4 Å². The van der Waals surface area contributed by atoms with E-state index in [9.17, 15) is 42.3 Å². The van der Waals surface area contributed by atoms with Crippen molar-refractivity contribution >= 4 is 46.7 Å². The first-order valence-electron chi connectivity index (χ1n) is 20.9. The summed E-state index contributed by atoms with van der Waals surface area (Å²) in [6.07, 6.45) is 3.14. The normalized spacial score (nSPS) is 15.0. The van der Waals surface area contributed by atoms with Gasteiger partial charge < -0.3 is 34.9 Å². The van der Waals surface area contributed by atoms with Crippen molar-refractivity contribution in [3.63, 3.8) is 0 Å². The zero-order valence-corrected chi connectivity index (χ0v) is 35.0. The Labute approximate surface area is 369 Å². The fraction of sp³-hybridized carbons (Fsp3) is 0.364. The molecule has 0 saturated carbocycles. The van der Waals surface area contributed by atoms with Gasteiger partial charge in [-0.2, -0.15) is 18.3 Å². The van der Waals surface area contributed by atoms with Crippen molar-refractivity contribution in [2.45, 2.75) is 57.2 Å². The monoisotopic (exact) mass is 901 g/mol. The third-order valence-corrected chi connectivity index (χ3v) is 10.4. The molecule has 7 rings (SSSR count). The molecule has 2 aliphatic rings. The fourth-order valence-corrected chi connectivity index (χ4v) is 7.22. The molecule has 65 heavy (non-hydrogen) atoms. The summed E-state index contributed by atoms with van der Waals surface area (Å²) < 4.78 is 56.4. The number of fused-ring (bicyclic) bond motifs is 1. The van der Waals surface area contributed by atoms with E-state index in [2.05, 4.69) is 36.3 Å². The molecule has 1 saturated heterocycles. The largest absolute Gasteiger partial charge is 0.444 e. The average molecular weight is 902 g/mol. The zero-order valence-electron chi connectivity index (χ0n) is 35.0. The molecule has 0 aliphatic carbocycles. The first-order valence-corrected chi connectivity index (χ1v) is 20.9. The maximum Gasteiger partial charge on any atom is 0.405 e. The molecule has 5 N–H and O–H groups in total. The summed E-state index contributed by atoms with van der Waals surface area (Å²) in [7, 11) is 0. The van der Waals surface area contributed by atoms with Crippen molar-refractivity contribution in [3.05, 3.63) is 101 Å². The summed E-state index contributed by atoms with van der Waals surface area (Å²) in [5, 5.41) is 24.5. The van der Waals surface area contributed by atoms with Gasteiger partial charge in [0.05, 0.1) is 54.2 Å². The minimum Gasteiger partial charge on any atom is -0.444 e. The molecule has 1 fully saturated rings. The number of hydrogen-bond acceptors (Lipinski definition) is 14. The Hall–Kier alpha value is -6.97. The molecule has 1 unspecified atom stereocenters. The lowest BCUT2D eigenvalue weighted by Gasteiger charge is -2.27. The van der Waals surface area contributed by atoms with Crippen LogP contribution in [0, 0.1) is 0 Å². The molecular weight excluding hydrogens is 856 g/mol. The van der Waals surface area contributed by atoms with E-state index in [-0.39, 0.29) is 48.0 Å². The SMILES string of the molecule is O=C1CCC(N2C(=O)c3cccc(NCCOCCOCCCCc4ccc(-n5cc(NC(=O)c6coc(-c7ccnc(NCC(F)(F)F)c7)n6)c(CCCO)n5)cc4)c3C2=O)C(=O)N1. The molecule has 342 valence electrons. The molecule has 3 aromatic heterocycles. The Morgan fingerprint density at radius 2 is 1.72 bits per heavy atom. The Balaban J connectivity index is 0.808. The summed E-state index contributed by atoms with van der Waals surface area (Å²) in [5.41, 5.74) is 3.93. The number of aryl methyl sites for hydroxylation is 2. The van der Waals surface area contributed by atoms with Crippen LogP contribution >= 0.6 is 0 Å². The van der Waals surface area contributed by atoms with Gasteiger partial charge in [-0.15, -0.1) is 0 Å². The summed E-state index contributed by atoms with van der Waals surface area (Å²) in [6.45, 7) is 0.655. The van der Waals surface area contributed by atoms with Crippen LogP contribution in [0.15, 0.2) is 77.7 Å². The van der Waals surface area contributed by atoms with E-state index in [0.717, 1.165) is 41.7 Å². The van der Waals surface area contributed by atoms with Gasteiger partial charge in [0, 0.05) is 43.6 Å². The molecule has 0 spiro atoms. The number of unbranched alkanes of at least 4 members (excludes halogenated alkanes) is 1. The second kappa shape index (κ2) is 21.1. The van der Waals surface area contributed by atoms with Crippen LogP contribution in [-0.2, 0) is 31.9 Å². The van der Waals surface area contributed by atoms with E-state index in [1.807, 2.05) is 24.3 Å². The number of carbonyl (C=O) groups is 5. The molecular formula is C44H46F3N9O9. The number of rotatable bonds is 22. The van der Waals surface area contributed by atoms with E-state index in [1.165, 1.54) is 18.3 Å². The van der Waals surface area contributed by atoms with Crippen molar-refractivity contribution in [1.29, 1.82) is 0 Å². The molecule has 21 heteroatoms. The van der Waals surface area contributed by atoms with Gasteiger partial charge >= 0.3 is 6.18 Å². The lowest BCUT2D eigenvalue weighted by Crippen LogP contribution is -2.54. The molecule has 2 aliphatic heterocycles. The molecule has 5 heterocycles. The number of imide groups is 2. The number of carbonyl (C=O) groups excluding carboxylic acids is 5. The topological polar surface area (TPSA) is 232 Å². The standard InChI is InChI=1S/C44H46F3N9O9/c45-44(46,47)26-50-36-23-28(15-16-49-36)41-52-34(25-65-41)39(59)51-33-24-55(54-31(33)8-4-18-57)29-11-9-27(10-12-29)5-1-2-19-63-21-22-64-20-17-48-32-7-3-6-30-38(32)43(62)56(42(30)61)35-13-14-37(58)53-40(35)60/h3,6-7,9-12,15-16,23-25,35,48,57H,1-2,4-5,8,13-14,17-22,26H2,(H,49,50)(H,51,59)(H,53,58,60). The summed E-state index contributed by atoms with van der Waals surface area (Å²) in [4.78, 5) is 72.5. The number of halogens is 3. The molecule has 1 atom stereocenters. The van der Waals surface area contributed by atoms with Gasteiger partial charge in [-0.3, -0.25) is 34.2 Å². The van der Waals surface area contributed by atoms with Crippen molar-refractivity contribution in [2.24, 2.45) is 0 Å². The number of amides is 5. The van der Waals surface area contributed by atoms with E-state index in [1.54, 1.807) is 29.1 Å². The Morgan fingerprint density at radius 3 is 2.49 bits per heavy atom. The van der Waals surface area contributed by atoms with Crippen molar-refractivity contribution in [1.82, 2.24) is 30.0 Å². The highest BCUT2D eigenvalue weighted by Gasteiger charge is 2.45. The zero-order chi connectivity index (χ0) is 45.9. The van der Waals surface area contributed by atoms with Crippen LogP contribution in [-0.4, -0.2) is 118 Å². The number of nitrogens with zero attached hydrogens (tertiary/aromatic N) is 5. The Kier molecular flexibility index (Phi) is 15.0. The second-order valence-corrected chi connectivity index (χ2v) is 15.1. The number of aliphatic hydroxyl groups is 1. The quantitative estimate of drug-likeness (QED) is 0.0458. The average Bonchev–Trinajstić information content (AvgIpc) is 4.01. The molecule has 18 nitrogen and oxygen atoms in total. The van der Waals surface area contributed by atoms with Gasteiger partial charge in [-0.25, -0.2) is 14.6 Å². The molecule has 0 radical (unpaired) electrons. The van der Waals surface area contributed by atoms with E-state index < -0.39 is 48.3 Å². The van der Waals surface area contributed by atoms with Gasteiger partial charge in [0.1, 0.15) is 24.7 Å². The maximum absolute atomic E-state index is 13.3. The summed E-state index contributed by atoms with van der Waals surface area (Å²) in [5.74, 6) is -2.85. The number of aromatic nitrogens is 4. The van der Waals surface area contributed by atoms with Crippen molar-refractivity contribution in [2.75, 3.05) is 62.1 Å². The van der Waals surface area contributed by atoms with E-state index >= 15 is 0 Å². The molecule has 0 bridgehead atoms. The number of benzene rings is 2. The smallest absolute Gasteiger partial charge is 0.405 e. The van der Waals surface area contributed by atoms with Gasteiger partial charge in [-0.1, -0.05) is 18.2 Å². The minimum absolute atomic E-state index is 0.0166. The number of pyridine rings is 1. The highest BCUT2D eigenvalue weighted by molar-refractivity contribution is 6.25. The van der Waals surface area contributed by atoms with Crippen LogP contribution in [0.3, 0.4) is 0 Å². The number of piperidine rings is 1. The maximum atomic E-state index is 13.3. The number of anilines is 3. The summed E-state index contributed by atoms with van der Waals surface area (Å²) >= 11 is 0. The van der Waals surface area contributed by atoms with Crippen LogP contribution in [0.2, 0.25) is 0 Å². The van der Waals surface area contributed by atoms with Crippen LogP contribution in [0.5, 0.6) is 0 Å². The highest BCUT2D eigenvalue weighted by Crippen LogP contribution is 2.32. The third-order valence-electron chi connectivity index (χ3n) is 10.4. The number of oxazole rings is 1. The number of hydrogen-bond donors (Lipinski definition) is 5. The lowest BCUT2D eigenvalue weighted by molar-refractivity contribution is -0.136. The predicted molar refractivity (Wildman–Crippen MR) is 227 cm³/mol. The Bertz CT molecular complexity index is 2510. The van der Waals surface area contributed by atoms with Crippen molar-refractivity contribution in [3.8, 4) is 17.1 Å². The first-order chi connectivity index (χ1) is 31.4. The van der Waals surface area contributed by atoms with Gasteiger partial charge in [0.25, 0.3) is 17.7 Å². The van der Waals surface area contributed by atoms with Crippen LogP contribution in [0.1, 0.15) is 74.6 Å². The highest BCUT2D eigenvalue weighted by atomic mass is 19.4. The number of ether oxygens (including phenoxy) is 2. The summed E-state index contributed by atoms with van der Waals surface area (Å²) in [6, 6.07) is 14.5. The molecule has 5 aromatic rings. The molecule has 5 amide bonds. The first kappa shape index (κ1) is 46.0. The fourth-order valence-electron chi connectivity index (χ4n) is 7.22. The predicted octanol–water partition coefficient (Wildman–Crippen LogP) is 4.94. The van der Waals surface area contributed by atoms with Gasteiger partial charge in [0.15, 0.2) is 5.69 Å². The van der Waals surface area contributed by atoms with Gasteiger partial charge in [0.2, 0.25) is 17.7 Å². The van der Waals surface area contributed by atoms with Crippen molar-refractivity contribution < 1.29 is 56.1 Å². The number of alkyl halides is 3. The molecule has 2 aromatic carbocycles. The van der Waals surface area contributed by atoms with Crippen LogP contribution in [0.25, 0.3) is 17.1 Å². The second-order valence-electron chi connectivity index (χ2n) is 15.1. The van der Waals surface area contributed by atoms with E-state index in [4.69, 9.17) is 13.9 Å². The van der Waals surface area contributed by atoms with Gasteiger partial charge in [-0.05, 0) is 80.5 Å². The van der Waals surface area contributed by atoms with Crippen LogP contribution < -0.4 is 21.3 Å². The Morgan fingerprint density at radius 1 is 0.923 bits per heavy atom. The lowest BCUT2D eigenvalue weighted by atomic mass is 10.0. The number of aliphatic hydroxyl groups excluding tert-OH is 1. The number of nitrogens with one attached hydrogen (secondary N) is 4. The van der Waals surface area contributed by atoms with E-state index in [0.29, 0.717) is 68.4 Å².